The molecule has 0 bridgehead atoms. The summed E-state index contributed by atoms with van der Waals surface area (Å²) in [6.07, 6.45) is 0. The van der Waals surface area contributed by atoms with Crippen LogP contribution < -0.4 is 0 Å². The largest absolute Gasteiger partial charge is 0.594 e. The van der Waals surface area contributed by atoms with E-state index in [1.807, 2.05) is 42.5 Å². The lowest BCUT2D eigenvalue weighted by Gasteiger charge is -2.00. The van der Waals surface area contributed by atoms with Crippen LogP contribution in [0.1, 0.15) is 0 Å². The summed E-state index contributed by atoms with van der Waals surface area (Å²) >= 11 is 2.15. The van der Waals surface area contributed by atoms with Crippen LogP contribution in [0.2, 0.25) is 0 Å². The highest BCUT2D eigenvalue weighted by molar-refractivity contribution is 14.1. The first-order chi connectivity index (χ1) is 7.77. The molecular formula is C12H9IN2O. The number of benzene rings is 2. The van der Waals surface area contributed by atoms with Crippen LogP contribution in [0, 0.1) is 8.78 Å². The Labute approximate surface area is 107 Å². The molecule has 0 spiro atoms. The van der Waals surface area contributed by atoms with Gasteiger partial charge in [-0.15, -0.1) is 0 Å². The summed E-state index contributed by atoms with van der Waals surface area (Å²) in [7, 11) is 0. The molecule has 0 fully saturated rings. The Kier molecular flexibility index (Phi) is 3.51. The van der Waals surface area contributed by atoms with E-state index in [0.29, 0.717) is 16.2 Å². The predicted molar refractivity (Wildman–Crippen MR) is 71.0 cm³/mol. The molecule has 0 aliphatic carbocycles. The molecule has 0 aromatic heterocycles. The average molecular weight is 324 g/mol. The van der Waals surface area contributed by atoms with Crippen LogP contribution in [-0.4, -0.2) is 4.86 Å². The Bertz CT molecular complexity index is 511. The van der Waals surface area contributed by atoms with Crippen LogP contribution in [0.3, 0.4) is 0 Å². The minimum Gasteiger partial charge on any atom is -0.594 e. The third-order valence-corrected chi connectivity index (χ3v) is 2.94. The van der Waals surface area contributed by atoms with Crippen molar-refractivity contribution >= 4 is 34.0 Å². The summed E-state index contributed by atoms with van der Waals surface area (Å²) < 4.78 is 0.955. The number of rotatable bonds is 2. The maximum absolute atomic E-state index is 11.7. The van der Waals surface area contributed by atoms with Crippen LogP contribution >= 0.6 is 22.6 Å². The van der Waals surface area contributed by atoms with Gasteiger partial charge in [0.05, 0.1) is 0 Å². The number of para-hydroxylation sites is 1. The van der Waals surface area contributed by atoms with Crippen molar-refractivity contribution in [3.05, 3.63) is 63.4 Å². The van der Waals surface area contributed by atoms with Crippen molar-refractivity contribution in [3.8, 4) is 0 Å². The van der Waals surface area contributed by atoms with E-state index < -0.39 is 0 Å². The number of nitrogens with zero attached hydrogens (tertiary/aromatic N) is 2. The Morgan fingerprint density at radius 1 is 0.938 bits per heavy atom. The summed E-state index contributed by atoms with van der Waals surface area (Å²) in [6.45, 7) is 0. The second-order valence-corrected chi connectivity index (χ2v) is 4.32. The Hall–Kier alpha value is -1.43. The van der Waals surface area contributed by atoms with E-state index in [9.17, 15) is 5.21 Å². The maximum atomic E-state index is 11.7. The van der Waals surface area contributed by atoms with Crippen molar-refractivity contribution in [1.29, 1.82) is 0 Å². The second-order valence-electron chi connectivity index (χ2n) is 3.16. The summed E-state index contributed by atoms with van der Waals surface area (Å²) in [5.41, 5.74) is 1.21. The zero-order valence-corrected chi connectivity index (χ0v) is 10.5. The fraction of sp³-hybridized carbons (Fsp3) is 0. The molecule has 0 aliphatic heterocycles. The Balaban J connectivity index is 2.36. The van der Waals surface area contributed by atoms with Gasteiger partial charge in [0, 0.05) is 20.8 Å². The van der Waals surface area contributed by atoms with Gasteiger partial charge in [0.2, 0.25) is 5.69 Å². The van der Waals surface area contributed by atoms with E-state index in [0.717, 1.165) is 3.57 Å². The van der Waals surface area contributed by atoms with Crippen molar-refractivity contribution in [1.82, 2.24) is 0 Å². The fourth-order valence-electron chi connectivity index (χ4n) is 1.24. The van der Waals surface area contributed by atoms with Gasteiger partial charge < -0.3 is 5.21 Å². The molecule has 0 saturated carbocycles. The summed E-state index contributed by atoms with van der Waals surface area (Å²) in [4.78, 5) is 0.636. The normalized spacial score (nSPS) is 11.4. The number of halogens is 1. The van der Waals surface area contributed by atoms with E-state index in [1.54, 1.807) is 12.1 Å². The minimum atomic E-state index is 0.530. The van der Waals surface area contributed by atoms with Crippen LogP contribution in [0.5, 0.6) is 0 Å². The lowest BCUT2D eigenvalue weighted by atomic mass is 10.3. The zero-order chi connectivity index (χ0) is 11.4. The molecule has 0 N–H and O–H groups in total. The molecule has 80 valence electrons. The van der Waals surface area contributed by atoms with Gasteiger partial charge in [0.25, 0.3) is 0 Å². The number of hydrogen-bond donors (Lipinski definition) is 0. The molecule has 2 aromatic carbocycles. The first-order valence-corrected chi connectivity index (χ1v) is 5.84. The Morgan fingerprint density at radius 3 is 2.25 bits per heavy atom. The van der Waals surface area contributed by atoms with Crippen LogP contribution in [0.15, 0.2) is 59.7 Å². The van der Waals surface area contributed by atoms with E-state index in [2.05, 4.69) is 27.7 Å². The molecule has 0 aliphatic rings. The lowest BCUT2D eigenvalue weighted by molar-refractivity contribution is -0.435. The van der Waals surface area contributed by atoms with Crippen molar-refractivity contribution < 1.29 is 4.86 Å². The van der Waals surface area contributed by atoms with Gasteiger partial charge in [-0.3, -0.25) is 0 Å². The molecule has 0 saturated heterocycles. The van der Waals surface area contributed by atoms with Crippen molar-refractivity contribution in [3.63, 3.8) is 0 Å². The quantitative estimate of drug-likeness (QED) is 0.353. The van der Waals surface area contributed by atoms with Crippen LogP contribution in [-0.2, 0) is 0 Å². The van der Waals surface area contributed by atoms with E-state index in [1.165, 1.54) is 0 Å². The lowest BCUT2D eigenvalue weighted by Crippen LogP contribution is -1.90. The first kappa shape index (κ1) is 11.1. The molecule has 2 rings (SSSR count). The first-order valence-electron chi connectivity index (χ1n) is 4.76. The highest BCUT2D eigenvalue weighted by Gasteiger charge is 2.04. The van der Waals surface area contributed by atoms with Gasteiger partial charge >= 0.3 is 0 Å². The highest BCUT2D eigenvalue weighted by atomic mass is 127. The number of hydrogen-bond acceptors (Lipinski definition) is 2. The van der Waals surface area contributed by atoms with Gasteiger partial charge in [-0.05, 0) is 34.7 Å². The molecule has 0 heterocycles. The molecule has 3 nitrogen and oxygen atoms in total. The van der Waals surface area contributed by atoms with Crippen molar-refractivity contribution in [2.45, 2.75) is 0 Å². The minimum absolute atomic E-state index is 0.530. The van der Waals surface area contributed by atoms with E-state index in [4.69, 9.17) is 0 Å². The standard InChI is InChI=1S/C12H9IN2O/c13-11-8-4-5-9-12(11)14-15(16)10-6-2-1-3-7-10/h1-9H. The molecule has 0 unspecified atom stereocenters. The molecule has 0 amide bonds. The summed E-state index contributed by atoms with van der Waals surface area (Å²) in [5, 5.41) is 15.7. The SMILES string of the molecule is [O-][N+](=Nc1ccccc1I)c1ccccc1. The van der Waals surface area contributed by atoms with E-state index in [-0.39, 0.29) is 0 Å². The summed E-state index contributed by atoms with van der Waals surface area (Å²) in [5.74, 6) is 0. The molecule has 0 atom stereocenters. The predicted octanol–water partition coefficient (Wildman–Crippen LogP) is 4.22. The second kappa shape index (κ2) is 5.07. The molecule has 0 radical (unpaired) electrons. The summed E-state index contributed by atoms with van der Waals surface area (Å²) in [6, 6.07) is 16.5. The van der Waals surface area contributed by atoms with E-state index >= 15 is 0 Å². The molecule has 16 heavy (non-hydrogen) atoms. The Morgan fingerprint density at radius 2 is 1.56 bits per heavy atom. The number of azo groups is 1. The van der Waals surface area contributed by atoms with Gasteiger partial charge in [-0.25, -0.2) is 0 Å². The van der Waals surface area contributed by atoms with Crippen LogP contribution in [0.25, 0.3) is 0 Å². The van der Waals surface area contributed by atoms with Crippen LogP contribution in [0.4, 0.5) is 11.4 Å². The topological polar surface area (TPSA) is 38.4 Å². The maximum Gasteiger partial charge on any atom is 0.244 e. The van der Waals surface area contributed by atoms with Gasteiger partial charge in [-0.1, -0.05) is 35.2 Å². The third-order valence-electron chi connectivity index (χ3n) is 2.03. The fourth-order valence-corrected chi connectivity index (χ4v) is 1.74. The van der Waals surface area contributed by atoms with Gasteiger partial charge in [0.1, 0.15) is 5.69 Å². The molecular weight excluding hydrogens is 315 g/mol. The average Bonchev–Trinajstić information content (AvgIpc) is 2.33. The smallest absolute Gasteiger partial charge is 0.244 e. The van der Waals surface area contributed by atoms with Crippen molar-refractivity contribution in [2.24, 2.45) is 5.11 Å². The monoisotopic (exact) mass is 324 g/mol. The van der Waals surface area contributed by atoms with Gasteiger partial charge in [-0.2, -0.15) is 0 Å². The third kappa shape index (κ3) is 2.57. The molecule has 4 heteroatoms. The van der Waals surface area contributed by atoms with Gasteiger partial charge in [0.15, 0.2) is 0 Å². The molecule has 2 aromatic rings. The van der Waals surface area contributed by atoms with Crippen molar-refractivity contribution in [2.75, 3.05) is 0 Å². The zero-order valence-electron chi connectivity index (χ0n) is 8.38. The highest BCUT2D eigenvalue weighted by Crippen LogP contribution is 2.22.